The number of amides is 1. The molecule has 0 spiro atoms. The van der Waals surface area contributed by atoms with Crippen LogP contribution in [0.25, 0.3) is 0 Å². The zero-order valence-corrected chi connectivity index (χ0v) is 22.0. The monoisotopic (exact) mass is 560 g/mol. The Morgan fingerprint density at radius 3 is 2.43 bits per heavy atom. The van der Waals surface area contributed by atoms with Gasteiger partial charge in [0.05, 0.1) is 32.1 Å². The van der Waals surface area contributed by atoms with Gasteiger partial charge in [0, 0.05) is 10.0 Å². The number of ether oxygens (including phenoxy) is 4. The molecule has 0 radical (unpaired) electrons. The molecule has 1 N–H and O–H groups in total. The van der Waals surface area contributed by atoms with E-state index in [2.05, 4.69) is 26.5 Å². The van der Waals surface area contributed by atoms with E-state index < -0.39 is 5.91 Å². The van der Waals surface area contributed by atoms with Crippen LogP contribution in [0.4, 0.5) is 0 Å². The molecular formula is C26H26BrClN2O5. The van der Waals surface area contributed by atoms with Crippen LogP contribution in [-0.4, -0.2) is 32.9 Å². The van der Waals surface area contributed by atoms with Crippen molar-refractivity contribution in [2.45, 2.75) is 20.0 Å². The summed E-state index contributed by atoms with van der Waals surface area (Å²) in [5, 5.41) is 4.40. The molecule has 0 unspecified atom stereocenters. The van der Waals surface area contributed by atoms with Gasteiger partial charge in [-0.25, -0.2) is 5.43 Å². The van der Waals surface area contributed by atoms with Crippen molar-refractivity contribution < 1.29 is 23.7 Å². The molecular weight excluding hydrogens is 536 g/mol. The molecule has 0 saturated carbocycles. The Hall–Kier alpha value is -3.23. The molecule has 3 aromatic carbocycles. The summed E-state index contributed by atoms with van der Waals surface area (Å²) in [5.74, 6) is 1.54. The van der Waals surface area contributed by atoms with E-state index in [1.807, 2.05) is 31.2 Å². The minimum absolute atomic E-state index is 0.332. The van der Waals surface area contributed by atoms with Crippen molar-refractivity contribution in [1.82, 2.24) is 5.43 Å². The molecule has 0 aromatic heterocycles. The van der Waals surface area contributed by atoms with E-state index in [0.717, 1.165) is 16.5 Å². The SMILES string of the molecule is CCCOc1ccc(C(=O)N/N=C/c2cc(Cl)c(OCc3ccc(Br)cc3)c(OC)c2)cc1OC. The molecule has 0 aliphatic rings. The molecule has 0 aliphatic carbocycles. The lowest BCUT2D eigenvalue weighted by Gasteiger charge is -2.13. The van der Waals surface area contributed by atoms with Crippen LogP contribution >= 0.6 is 27.5 Å². The van der Waals surface area contributed by atoms with Gasteiger partial charge in [-0.05, 0) is 60.0 Å². The summed E-state index contributed by atoms with van der Waals surface area (Å²) in [6, 6.07) is 16.1. The van der Waals surface area contributed by atoms with E-state index in [1.165, 1.54) is 20.4 Å². The first kappa shape index (κ1) is 26.4. The number of carbonyl (C=O) groups is 1. The van der Waals surface area contributed by atoms with Gasteiger partial charge >= 0.3 is 0 Å². The molecule has 0 heterocycles. The number of hydrogen-bond donors (Lipinski definition) is 1. The van der Waals surface area contributed by atoms with Crippen LogP contribution in [0.5, 0.6) is 23.0 Å². The topological polar surface area (TPSA) is 78.4 Å². The number of hydrogen-bond acceptors (Lipinski definition) is 6. The van der Waals surface area contributed by atoms with Gasteiger partial charge in [0.15, 0.2) is 23.0 Å². The smallest absolute Gasteiger partial charge is 0.271 e. The van der Waals surface area contributed by atoms with Crippen molar-refractivity contribution in [1.29, 1.82) is 0 Å². The summed E-state index contributed by atoms with van der Waals surface area (Å²) in [6.07, 6.45) is 2.34. The summed E-state index contributed by atoms with van der Waals surface area (Å²) in [5.41, 5.74) is 4.50. The Balaban J connectivity index is 1.66. The molecule has 9 heteroatoms. The third kappa shape index (κ3) is 7.37. The van der Waals surface area contributed by atoms with Gasteiger partial charge < -0.3 is 18.9 Å². The minimum Gasteiger partial charge on any atom is -0.493 e. The predicted molar refractivity (Wildman–Crippen MR) is 140 cm³/mol. The largest absolute Gasteiger partial charge is 0.493 e. The summed E-state index contributed by atoms with van der Waals surface area (Å²) in [7, 11) is 3.06. The fourth-order valence-electron chi connectivity index (χ4n) is 3.06. The summed E-state index contributed by atoms with van der Waals surface area (Å²) < 4.78 is 23.3. The van der Waals surface area contributed by atoms with Crippen molar-refractivity contribution in [3.63, 3.8) is 0 Å². The Kier molecular flexibility index (Phi) is 9.81. The second-order valence-electron chi connectivity index (χ2n) is 7.36. The number of nitrogens with zero attached hydrogens (tertiary/aromatic N) is 1. The maximum Gasteiger partial charge on any atom is 0.271 e. The van der Waals surface area contributed by atoms with Crippen LogP contribution in [0.15, 0.2) is 64.2 Å². The van der Waals surface area contributed by atoms with Crippen molar-refractivity contribution in [2.75, 3.05) is 20.8 Å². The van der Waals surface area contributed by atoms with Crippen LogP contribution < -0.4 is 24.4 Å². The van der Waals surface area contributed by atoms with Crippen LogP contribution in [0, 0.1) is 0 Å². The van der Waals surface area contributed by atoms with Crippen LogP contribution in [0.2, 0.25) is 5.02 Å². The maximum atomic E-state index is 12.5. The maximum absolute atomic E-state index is 12.5. The second-order valence-corrected chi connectivity index (χ2v) is 8.69. The molecule has 3 rings (SSSR count). The lowest BCUT2D eigenvalue weighted by Crippen LogP contribution is -2.17. The van der Waals surface area contributed by atoms with Crippen molar-refractivity contribution >= 4 is 39.7 Å². The highest BCUT2D eigenvalue weighted by atomic mass is 79.9. The Labute approximate surface area is 218 Å². The first-order valence-electron chi connectivity index (χ1n) is 10.8. The first-order valence-corrected chi connectivity index (χ1v) is 12.0. The molecule has 3 aromatic rings. The lowest BCUT2D eigenvalue weighted by molar-refractivity contribution is 0.0954. The highest BCUT2D eigenvalue weighted by Gasteiger charge is 2.13. The third-order valence-corrected chi connectivity index (χ3v) is 5.62. The van der Waals surface area contributed by atoms with E-state index in [4.69, 9.17) is 30.5 Å². The van der Waals surface area contributed by atoms with E-state index in [9.17, 15) is 4.79 Å². The number of nitrogens with one attached hydrogen (secondary N) is 1. The fraction of sp³-hybridized carbons (Fsp3) is 0.231. The molecule has 0 bridgehead atoms. The van der Waals surface area contributed by atoms with Gasteiger partial charge in [0.1, 0.15) is 6.61 Å². The molecule has 35 heavy (non-hydrogen) atoms. The van der Waals surface area contributed by atoms with Gasteiger partial charge in [-0.2, -0.15) is 5.10 Å². The number of carbonyl (C=O) groups excluding carboxylic acids is 1. The van der Waals surface area contributed by atoms with Crippen molar-refractivity contribution in [3.05, 3.63) is 80.8 Å². The predicted octanol–water partition coefficient (Wildman–Crippen LogP) is 6.25. The lowest BCUT2D eigenvalue weighted by atomic mass is 10.2. The highest BCUT2D eigenvalue weighted by Crippen LogP contribution is 2.36. The number of methoxy groups -OCH3 is 2. The Morgan fingerprint density at radius 2 is 1.74 bits per heavy atom. The van der Waals surface area contributed by atoms with Crippen LogP contribution in [0.1, 0.15) is 34.8 Å². The normalized spacial score (nSPS) is 10.8. The highest BCUT2D eigenvalue weighted by molar-refractivity contribution is 9.10. The molecule has 0 fully saturated rings. The van der Waals surface area contributed by atoms with E-state index in [1.54, 1.807) is 30.3 Å². The zero-order valence-electron chi connectivity index (χ0n) is 19.6. The standard InChI is InChI=1S/C26H26BrClN2O5/c1-4-11-34-22-10-7-19(14-23(22)32-2)26(31)30-29-15-18-12-21(28)25(24(13-18)33-3)35-16-17-5-8-20(27)9-6-17/h5-10,12-15H,4,11,16H2,1-3H3,(H,30,31)/b29-15+. The zero-order chi connectivity index (χ0) is 25.2. The van der Waals surface area contributed by atoms with E-state index in [0.29, 0.717) is 52.4 Å². The summed E-state index contributed by atoms with van der Waals surface area (Å²) in [6.45, 7) is 2.91. The second kappa shape index (κ2) is 13.0. The fourth-order valence-corrected chi connectivity index (χ4v) is 3.60. The van der Waals surface area contributed by atoms with E-state index in [-0.39, 0.29) is 0 Å². The van der Waals surface area contributed by atoms with Gasteiger partial charge in [-0.1, -0.05) is 46.6 Å². The number of halogens is 2. The average molecular weight is 562 g/mol. The van der Waals surface area contributed by atoms with Crippen molar-refractivity contribution in [3.8, 4) is 23.0 Å². The number of hydrazone groups is 1. The molecule has 0 aliphatic heterocycles. The number of benzene rings is 3. The van der Waals surface area contributed by atoms with Gasteiger partial charge in [-0.15, -0.1) is 0 Å². The summed E-state index contributed by atoms with van der Waals surface area (Å²) in [4.78, 5) is 12.5. The average Bonchev–Trinajstić information content (AvgIpc) is 2.87. The molecule has 0 saturated heterocycles. The third-order valence-electron chi connectivity index (χ3n) is 4.82. The Bertz CT molecular complexity index is 1190. The molecule has 184 valence electrons. The molecule has 0 atom stereocenters. The minimum atomic E-state index is -0.394. The Morgan fingerprint density at radius 1 is 1.00 bits per heavy atom. The van der Waals surface area contributed by atoms with Crippen LogP contribution in [-0.2, 0) is 6.61 Å². The molecule has 1 amide bonds. The first-order chi connectivity index (χ1) is 16.9. The number of rotatable bonds is 11. The van der Waals surface area contributed by atoms with E-state index >= 15 is 0 Å². The van der Waals surface area contributed by atoms with Gasteiger partial charge in [-0.3, -0.25) is 4.79 Å². The molecule has 7 nitrogen and oxygen atoms in total. The summed E-state index contributed by atoms with van der Waals surface area (Å²) >= 11 is 9.85. The quantitative estimate of drug-likeness (QED) is 0.221. The van der Waals surface area contributed by atoms with Crippen molar-refractivity contribution in [2.24, 2.45) is 5.10 Å². The van der Waals surface area contributed by atoms with Gasteiger partial charge in [0.25, 0.3) is 5.91 Å². The van der Waals surface area contributed by atoms with Crippen LogP contribution in [0.3, 0.4) is 0 Å². The van der Waals surface area contributed by atoms with Gasteiger partial charge in [0.2, 0.25) is 0 Å².